The van der Waals surface area contributed by atoms with Crippen LogP contribution >= 0.6 is 0 Å². The summed E-state index contributed by atoms with van der Waals surface area (Å²) in [7, 11) is -1.44. The van der Waals surface area contributed by atoms with Gasteiger partial charge in [0.15, 0.2) is 14.9 Å². The van der Waals surface area contributed by atoms with Gasteiger partial charge >= 0.3 is 0 Å². The van der Waals surface area contributed by atoms with Crippen molar-refractivity contribution in [3.05, 3.63) is 23.5 Å². The largest absolute Gasteiger partial charge is 0.348 e. The second-order valence-electron chi connectivity index (χ2n) is 4.29. The number of hydrogen-bond donors (Lipinski definition) is 0. The zero-order chi connectivity index (χ0) is 12.8. The van der Waals surface area contributed by atoms with Crippen molar-refractivity contribution >= 4 is 20.7 Å². The molecule has 0 saturated carbocycles. The Labute approximate surface area is 101 Å². The van der Waals surface area contributed by atoms with Gasteiger partial charge in [-0.1, -0.05) is 6.92 Å². The number of sulfone groups is 1. The summed E-state index contributed by atoms with van der Waals surface area (Å²) in [6, 6.07) is 1.93. The molecule has 2 aromatic heterocycles. The number of aromatic nitrogens is 2. The van der Waals surface area contributed by atoms with Crippen LogP contribution in [-0.2, 0) is 16.9 Å². The van der Waals surface area contributed by atoms with E-state index in [0.29, 0.717) is 5.52 Å². The maximum Gasteiger partial charge on any atom is 0.197 e. The van der Waals surface area contributed by atoms with Crippen LogP contribution in [0.1, 0.15) is 18.2 Å². The van der Waals surface area contributed by atoms with Gasteiger partial charge in [-0.05, 0) is 25.5 Å². The average Bonchev–Trinajstić information content (AvgIpc) is 2.53. The Kier molecular flexibility index (Phi) is 2.73. The van der Waals surface area contributed by atoms with Crippen LogP contribution < -0.4 is 0 Å². The summed E-state index contributed by atoms with van der Waals surface area (Å²) < 4.78 is 25.9. The number of fused-ring (bicyclic) bond motifs is 1. The molecule has 4 nitrogen and oxygen atoms in total. The molecule has 0 aliphatic rings. The molecule has 0 aliphatic heterocycles. The number of pyridine rings is 1. The predicted octanol–water partition coefficient (Wildman–Crippen LogP) is 1.98. The molecule has 0 bridgehead atoms. The maximum atomic E-state index is 12.1. The van der Waals surface area contributed by atoms with Crippen LogP contribution in [0.2, 0.25) is 0 Å². The fourth-order valence-electron chi connectivity index (χ4n) is 2.06. The van der Waals surface area contributed by atoms with Crippen LogP contribution in [-0.4, -0.2) is 23.7 Å². The molecule has 0 amide bonds. The first-order chi connectivity index (χ1) is 7.86. The smallest absolute Gasteiger partial charge is 0.197 e. The zero-order valence-electron chi connectivity index (χ0n) is 10.5. The lowest BCUT2D eigenvalue weighted by Crippen LogP contribution is -2.09. The quantitative estimate of drug-likeness (QED) is 0.821. The van der Waals surface area contributed by atoms with Crippen molar-refractivity contribution < 1.29 is 8.42 Å². The van der Waals surface area contributed by atoms with Crippen molar-refractivity contribution in [1.82, 2.24) is 9.55 Å². The third kappa shape index (κ3) is 1.84. The second-order valence-corrected chi connectivity index (χ2v) is 6.48. The number of aryl methyl sites for hydroxylation is 3. The summed E-state index contributed by atoms with van der Waals surface area (Å²) in [6.07, 6.45) is 1.93. The molecular weight excluding hydrogens is 236 g/mol. The molecule has 2 rings (SSSR count). The van der Waals surface area contributed by atoms with E-state index in [4.69, 9.17) is 0 Å². The summed E-state index contributed by atoms with van der Waals surface area (Å²) in [5.74, 6) is 0.0722. The van der Waals surface area contributed by atoms with Gasteiger partial charge in [-0.2, -0.15) is 0 Å². The third-order valence-corrected chi connectivity index (χ3v) is 4.56. The molecule has 2 heterocycles. The van der Waals surface area contributed by atoms with Gasteiger partial charge in [-0.3, -0.25) is 0 Å². The molecule has 0 aliphatic carbocycles. The average molecular weight is 252 g/mol. The normalized spacial score (nSPS) is 12.2. The first-order valence-electron chi connectivity index (χ1n) is 5.53. The lowest BCUT2D eigenvalue weighted by Gasteiger charge is -2.06. The van der Waals surface area contributed by atoms with E-state index >= 15 is 0 Å². The van der Waals surface area contributed by atoms with Crippen LogP contribution in [0.25, 0.3) is 10.9 Å². The summed E-state index contributed by atoms with van der Waals surface area (Å²) in [6.45, 7) is 5.44. The Hall–Kier alpha value is -1.36. The van der Waals surface area contributed by atoms with Crippen molar-refractivity contribution in [1.29, 1.82) is 0 Å². The van der Waals surface area contributed by atoms with Crippen molar-refractivity contribution in [2.75, 3.05) is 5.75 Å². The fraction of sp³-hybridized carbons (Fsp3) is 0.417. The minimum absolute atomic E-state index is 0.0722. The number of hydrogen-bond acceptors (Lipinski definition) is 3. The molecule has 0 spiro atoms. The lowest BCUT2D eigenvalue weighted by molar-refractivity contribution is 0.593. The van der Waals surface area contributed by atoms with Gasteiger partial charge in [0.2, 0.25) is 0 Å². The summed E-state index contributed by atoms with van der Waals surface area (Å²) in [5.41, 5.74) is 2.51. The highest BCUT2D eigenvalue weighted by atomic mass is 32.2. The molecule has 0 fully saturated rings. The molecule has 2 aromatic rings. The van der Waals surface area contributed by atoms with Gasteiger partial charge in [-0.25, -0.2) is 13.4 Å². The van der Waals surface area contributed by atoms with Gasteiger partial charge < -0.3 is 4.57 Å². The molecular formula is C12H16N2O2S. The summed E-state index contributed by atoms with van der Waals surface area (Å²) >= 11 is 0. The SMILES string of the molecule is CCS(=O)(=O)c1nc(C)cc2c(C)cn(C)c12. The van der Waals surface area contributed by atoms with Gasteiger partial charge in [0.05, 0.1) is 11.3 Å². The summed E-state index contributed by atoms with van der Waals surface area (Å²) in [4.78, 5) is 4.21. The standard InChI is InChI=1S/C12H16N2O2S/c1-5-17(15,16)12-11-10(6-9(3)13-12)8(2)7-14(11)4/h6-7H,5H2,1-4H3. The van der Waals surface area contributed by atoms with Crippen molar-refractivity contribution in [2.24, 2.45) is 7.05 Å². The van der Waals surface area contributed by atoms with Gasteiger partial charge in [-0.15, -0.1) is 0 Å². The minimum atomic E-state index is -3.29. The molecule has 0 N–H and O–H groups in total. The molecule has 0 saturated heterocycles. The molecule has 92 valence electrons. The van der Waals surface area contributed by atoms with Crippen LogP contribution in [0.15, 0.2) is 17.3 Å². The van der Waals surface area contributed by atoms with Crippen LogP contribution in [0.4, 0.5) is 0 Å². The fourth-order valence-corrected chi connectivity index (χ4v) is 3.16. The molecule has 17 heavy (non-hydrogen) atoms. The van der Waals surface area contributed by atoms with Crippen LogP contribution in [0, 0.1) is 13.8 Å². The highest BCUT2D eigenvalue weighted by molar-refractivity contribution is 7.91. The first kappa shape index (κ1) is 12.1. The number of rotatable bonds is 2. The molecule has 0 radical (unpaired) electrons. The van der Waals surface area contributed by atoms with Crippen LogP contribution in [0.5, 0.6) is 0 Å². The minimum Gasteiger partial charge on any atom is -0.348 e. The van der Waals surface area contributed by atoms with E-state index in [-0.39, 0.29) is 10.8 Å². The van der Waals surface area contributed by atoms with Crippen LogP contribution in [0.3, 0.4) is 0 Å². The Morgan fingerprint density at radius 1 is 1.35 bits per heavy atom. The van der Waals surface area contributed by atoms with Gasteiger partial charge in [0.1, 0.15) is 0 Å². The Balaban J connectivity index is 2.98. The zero-order valence-corrected chi connectivity index (χ0v) is 11.3. The molecule has 0 aromatic carbocycles. The number of nitrogens with zero attached hydrogens (tertiary/aromatic N) is 2. The Morgan fingerprint density at radius 2 is 2.00 bits per heavy atom. The maximum absolute atomic E-state index is 12.1. The Bertz CT molecular complexity index is 684. The molecule has 5 heteroatoms. The van der Waals surface area contributed by atoms with E-state index in [9.17, 15) is 8.42 Å². The van der Waals surface area contributed by atoms with Crippen molar-refractivity contribution in [2.45, 2.75) is 25.8 Å². The van der Waals surface area contributed by atoms with E-state index in [2.05, 4.69) is 4.98 Å². The van der Waals surface area contributed by atoms with E-state index in [1.165, 1.54) is 0 Å². The van der Waals surface area contributed by atoms with Crippen molar-refractivity contribution in [3.63, 3.8) is 0 Å². The predicted molar refractivity (Wildman–Crippen MR) is 67.9 cm³/mol. The van der Waals surface area contributed by atoms with Crippen molar-refractivity contribution in [3.8, 4) is 0 Å². The second kappa shape index (κ2) is 3.84. The van der Waals surface area contributed by atoms with E-state index in [0.717, 1.165) is 16.6 Å². The third-order valence-electron chi connectivity index (χ3n) is 2.93. The lowest BCUT2D eigenvalue weighted by atomic mass is 10.2. The highest BCUT2D eigenvalue weighted by Crippen LogP contribution is 2.26. The molecule has 0 atom stereocenters. The van der Waals surface area contributed by atoms with E-state index in [1.807, 2.05) is 37.7 Å². The Morgan fingerprint density at radius 3 is 2.59 bits per heavy atom. The van der Waals surface area contributed by atoms with Gasteiger partial charge in [0.25, 0.3) is 0 Å². The monoisotopic (exact) mass is 252 g/mol. The highest BCUT2D eigenvalue weighted by Gasteiger charge is 2.21. The topological polar surface area (TPSA) is 52.0 Å². The van der Waals surface area contributed by atoms with E-state index < -0.39 is 9.84 Å². The summed E-state index contributed by atoms with van der Waals surface area (Å²) in [5, 5.41) is 1.16. The van der Waals surface area contributed by atoms with Gasteiger partial charge in [0, 0.05) is 24.3 Å². The molecule has 0 unspecified atom stereocenters. The first-order valence-corrected chi connectivity index (χ1v) is 7.18. The van der Waals surface area contributed by atoms with E-state index in [1.54, 1.807) is 6.92 Å².